The van der Waals surface area contributed by atoms with Crippen molar-refractivity contribution >= 4 is 17.8 Å². The van der Waals surface area contributed by atoms with Gasteiger partial charge >= 0.3 is 0 Å². The Kier molecular flexibility index (Phi) is 22.8. The van der Waals surface area contributed by atoms with Crippen molar-refractivity contribution in [2.45, 2.75) is 329 Å². The molecule has 0 aromatic carbocycles. The number of anilines is 3. The number of nitrogens with zero attached hydrogens (tertiary/aromatic N) is 9. The fourth-order valence-electron chi connectivity index (χ4n) is 14.9. The second-order valence-electron chi connectivity index (χ2n) is 28.9. The minimum Gasteiger partial charge on any atom is -0.351 e. The van der Waals surface area contributed by atoms with E-state index in [0.717, 1.165) is 154 Å². The van der Waals surface area contributed by atoms with Gasteiger partial charge in [-0.05, 0) is 214 Å². The molecule has 2 N–H and O–H groups in total. The van der Waals surface area contributed by atoms with Crippen LogP contribution in [-0.2, 0) is 19.4 Å². The van der Waals surface area contributed by atoms with Gasteiger partial charge in [-0.3, -0.25) is 19.4 Å². The zero-order valence-corrected chi connectivity index (χ0v) is 53.1. The quantitative estimate of drug-likeness (QED) is 0.0740. The second kappa shape index (κ2) is 26.8. The van der Waals surface area contributed by atoms with Crippen molar-refractivity contribution in [1.29, 1.82) is 0 Å². The SMILES string of the molecule is CCCCN(c1nc(NC2CC(C)(C)N(OCCC)C(C)(C)C2)nc(N(CCCCCCNC2CC(C)(C)N(OCCC)C(C)(C)C2)C2CC(C)(C)N(OCCC)C(C)(C)C2)n1)C1CC(C)(C)N(OCCC)C(C)(C)C1. The number of hydrogen-bond donors (Lipinski definition) is 2. The maximum absolute atomic E-state index is 6.62. The van der Waals surface area contributed by atoms with E-state index in [4.69, 9.17) is 34.3 Å². The van der Waals surface area contributed by atoms with E-state index in [1.165, 1.54) is 6.42 Å². The number of hydroxylamine groups is 8. The van der Waals surface area contributed by atoms with E-state index in [2.05, 4.69) is 186 Å². The highest BCUT2D eigenvalue weighted by atomic mass is 16.7. The Balaban J connectivity index is 1.51. The molecule has 0 atom stereocenters. The summed E-state index contributed by atoms with van der Waals surface area (Å²) < 4.78 is 0. The van der Waals surface area contributed by atoms with Crippen molar-refractivity contribution < 1.29 is 19.4 Å². The molecule has 5 heterocycles. The van der Waals surface area contributed by atoms with Crippen LogP contribution in [-0.4, -0.2) is 150 Å². The Morgan fingerprint density at radius 2 is 0.711 bits per heavy atom. The first-order valence-electron chi connectivity index (χ1n) is 30.9. The van der Waals surface area contributed by atoms with Gasteiger partial charge in [-0.1, -0.05) is 53.9 Å². The van der Waals surface area contributed by atoms with Crippen LogP contribution in [0.1, 0.15) is 261 Å². The third-order valence-corrected chi connectivity index (χ3v) is 16.9. The van der Waals surface area contributed by atoms with E-state index < -0.39 is 0 Å². The van der Waals surface area contributed by atoms with Crippen molar-refractivity contribution in [2.24, 2.45) is 0 Å². The molecule has 5 rings (SSSR count). The van der Waals surface area contributed by atoms with Gasteiger partial charge < -0.3 is 20.4 Å². The molecule has 0 spiro atoms. The summed E-state index contributed by atoms with van der Waals surface area (Å²) in [4.78, 5) is 48.1. The molecule has 0 aliphatic carbocycles. The molecule has 0 bridgehead atoms. The predicted octanol–water partition coefficient (Wildman–Crippen LogP) is 13.3. The molecule has 15 nitrogen and oxygen atoms in total. The van der Waals surface area contributed by atoms with E-state index in [-0.39, 0.29) is 62.4 Å². The molecule has 0 unspecified atom stereocenters. The van der Waals surface area contributed by atoms with Gasteiger partial charge in [0.15, 0.2) is 0 Å². The first kappa shape index (κ1) is 64.9. The Morgan fingerprint density at radius 3 is 1.05 bits per heavy atom. The van der Waals surface area contributed by atoms with E-state index >= 15 is 0 Å². The van der Waals surface area contributed by atoms with Gasteiger partial charge in [-0.25, -0.2) is 0 Å². The molecule has 0 amide bonds. The van der Waals surface area contributed by atoms with Gasteiger partial charge in [-0.15, -0.1) is 0 Å². The van der Waals surface area contributed by atoms with E-state index in [1.54, 1.807) is 0 Å². The van der Waals surface area contributed by atoms with Crippen LogP contribution in [0, 0.1) is 0 Å². The van der Waals surface area contributed by atoms with Crippen molar-refractivity contribution in [1.82, 2.24) is 40.5 Å². The number of nitrogens with one attached hydrogen (secondary N) is 2. The van der Waals surface area contributed by atoms with E-state index in [1.807, 2.05) is 0 Å². The van der Waals surface area contributed by atoms with Gasteiger partial charge in [-0.2, -0.15) is 35.2 Å². The van der Waals surface area contributed by atoms with Crippen molar-refractivity contribution in [3.05, 3.63) is 0 Å². The molecule has 4 saturated heterocycles. The fourth-order valence-corrected chi connectivity index (χ4v) is 14.9. The predicted molar refractivity (Wildman–Crippen MR) is 317 cm³/mol. The lowest BCUT2D eigenvalue weighted by Crippen LogP contribution is -2.64. The zero-order valence-electron chi connectivity index (χ0n) is 53.1. The molecule has 1 aromatic heterocycles. The summed E-state index contributed by atoms with van der Waals surface area (Å²) >= 11 is 0. The van der Waals surface area contributed by atoms with Crippen LogP contribution in [0.4, 0.5) is 17.8 Å². The molecule has 15 heteroatoms. The smallest absolute Gasteiger partial charge is 0.232 e. The third-order valence-electron chi connectivity index (χ3n) is 16.9. The standard InChI is InChI=1S/C61H119N11O4/c1-22-27-33-67(49-43-58(14,15)71(75-37-25-4)59(16,17)44-49)52-64-51(63-48-41-56(10,11)70(74-36-24-3)57(12,13)42-48)65-53(66-52)68(50-45-60(18,19)72(76-38-26-5)61(20,21)46-50)34-31-29-28-30-32-62-47-39-54(6,7)69(73-35-23-2)55(8,9)40-47/h47-50,62H,22-46H2,1-21H3,(H,63,64,65,66). The van der Waals surface area contributed by atoms with Crippen molar-refractivity contribution in [3.63, 3.8) is 0 Å². The lowest BCUT2D eigenvalue weighted by atomic mass is 9.78. The number of aromatic nitrogens is 3. The van der Waals surface area contributed by atoms with Crippen LogP contribution < -0.4 is 20.4 Å². The molecular formula is C61H119N11O4. The van der Waals surface area contributed by atoms with Gasteiger partial charge in [0.2, 0.25) is 17.8 Å². The minimum absolute atomic E-state index is 0.0290. The molecule has 4 aliphatic rings. The maximum atomic E-state index is 6.62. The number of unbranched alkanes of at least 4 members (excludes halogenated alkanes) is 4. The lowest BCUT2D eigenvalue weighted by molar-refractivity contribution is -0.283. The summed E-state index contributed by atoms with van der Waals surface area (Å²) in [7, 11) is 0. The first-order chi connectivity index (χ1) is 35.4. The average molecular weight is 1070 g/mol. The second-order valence-corrected chi connectivity index (χ2v) is 28.9. The van der Waals surface area contributed by atoms with Crippen LogP contribution in [0.2, 0.25) is 0 Å². The minimum atomic E-state index is -0.215. The molecule has 4 fully saturated rings. The molecule has 76 heavy (non-hydrogen) atoms. The largest absolute Gasteiger partial charge is 0.351 e. The lowest BCUT2D eigenvalue weighted by Gasteiger charge is -2.56. The summed E-state index contributed by atoms with van der Waals surface area (Å²) in [6, 6.07) is 0.994. The van der Waals surface area contributed by atoms with E-state index in [9.17, 15) is 0 Å². The summed E-state index contributed by atoms with van der Waals surface area (Å²) in [5.74, 6) is 2.25. The van der Waals surface area contributed by atoms with Gasteiger partial charge in [0.1, 0.15) is 0 Å². The topological polar surface area (TPSA) is 119 Å². The first-order valence-corrected chi connectivity index (χ1v) is 30.9. The average Bonchev–Trinajstić information content (AvgIpc) is 3.27. The molecule has 0 radical (unpaired) electrons. The van der Waals surface area contributed by atoms with Gasteiger partial charge in [0.25, 0.3) is 0 Å². The number of rotatable bonds is 29. The Labute approximate surface area is 466 Å². The van der Waals surface area contributed by atoms with Crippen LogP contribution in [0.3, 0.4) is 0 Å². The van der Waals surface area contributed by atoms with Crippen LogP contribution >= 0.6 is 0 Å². The van der Waals surface area contributed by atoms with Gasteiger partial charge in [0, 0.05) is 81.6 Å². The Bertz CT molecular complexity index is 1830. The van der Waals surface area contributed by atoms with Crippen molar-refractivity contribution in [3.8, 4) is 0 Å². The summed E-state index contributed by atoms with van der Waals surface area (Å²) in [6.45, 7) is 54.3. The third kappa shape index (κ3) is 16.6. The van der Waals surface area contributed by atoms with Crippen LogP contribution in [0.15, 0.2) is 0 Å². The number of hydrogen-bond acceptors (Lipinski definition) is 15. The summed E-state index contributed by atoms with van der Waals surface area (Å²) in [6.07, 6.45) is 18.3. The molecule has 0 saturated carbocycles. The van der Waals surface area contributed by atoms with Crippen LogP contribution in [0.25, 0.3) is 0 Å². The van der Waals surface area contributed by atoms with Crippen molar-refractivity contribution in [2.75, 3.05) is 61.2 Å². The van der Waals surface area contributed by atoms with Gasteiger partial charge in [0.05, 0.1) is 26.4 Å². The van der Waals surface area contributed by atoms with E-state index in [0.29, 0.717) is 25.2 Å². The zero-order chi connectivity index (χ0) is 56.5. The van der Waals surface area contributed by atoms with Crippen LogP contribution in [0.5, 0.6) is 0 Å². The molecule has 442 valence electrons. The Hall–Kier alpha value is -1.95. The molecule has 1 aromatic rings. The fraction of sp³-hybridized carbons (Fsp3) is 0.951. The Morgan fingerprint density at radius 1 is 0.395 bits per heavy atom. The summed E-state index contributed by atoms with van der Waals surface area (Å²) in [5.41, 5.74) is -1.29. The highest BCUT2D eigenvalue weighted by Gasteiger charge is 2.52. The monoisotopic (exact) mass is 1070 g/mol. The highest BCUT2D eigenvalue weighted by molar-refractivity contribution is 5.48. The normalized spacial score (nSPS) is 24.2. The number of piperidine rings is 4. The molecular weight excluding hydrogens is 951 g/mol. The summed E-state index contributed by atoms with van der Waals surface area (Å²) in [5, 5.41) is 17.2. The maximum Gasteiger partial charge on any atom is 0.232 e. The molecule has 4 aliphatic heterocycles. The highest BCUT2D eigenvalue weighted by Crippen LogP contribution is 2.45.